The van der Waals surface area contributed by atoms with E-state index in [-0.39, 0.29) is 17.4 Å². The van der Waals surface area contributed by atoms with E-state index >= 15 is 0 Å². The van der Waals surface area contributed by atoms with Gasteiger partial charge in [-0.15, -0.1) is 21.5 Å². The minimum atomic E-state index is -3.73. The Labute approximate surface area is 231 Å². The zero-order chi connectivity index (χ0) is 27.8. The Balaban J connectivity index is 1.58. The molecule has 1 saturated carbocycles. The van der Waals surface area contributed by atoms with E-state index in [1.54, 1.807) is 46.2 Å². The SMILES string of the molecule is CC(C)NS(=O)(=O)c1ccc(-c2sc(-c3nnc(CC(C)(C)OC=O)o3)nc2CC2CCC2)c2ccncc12. The summed E-state index contributed by atoms with van der Waals surface area (Å²) in [5, 5.41) is 10.3. The molecular formula is C27H31N5O5S2. The molecule has 3 heterocycles. The highest BCUT2D eigenvalue weighted by molar-refractivity contribution is 7.89. The Morgan fingerprint density at radius 3 is 2.69 bits per heavy atom. The van der Waals surface area contributed by atoms with Crippen LogP contribution in [0.2, 0.25) is 0 Å². The number of rotatable bonds is 11. The maximum atomic E-state index is 13.1. The molecule has 0 bridgehead atoms. The maximum Gasteiger partial charge on any atom is 0.293 e. The molecule has 1 fully saturated rings. The van der Waals surface area contributed by atoms with Gasteiger partial charge in [-0.25, -0.2) is 18.1 Å². The monoisotopic (exact) mass is 569 g/mol. The van der Waals surface area contributed by atoms with E-state index in [0.29, 0.717) is 34.6 Å². The van der Waals surface area contributed by atoms with Crippen LogP contribution in [0.25, 0.3) is 32.1 Å². The van der Waals surface area contributed by atoms with Crippen LogP contribution in [0.1, 0.15) is 58.5 Å². The van der Waals surface area contributed by atoms with Crippen molar-refractivity contribution in [2.45, 2.75) is 76.3 Å². The Morgan fingerprint density at radius 1 is 1.21 bits per heavy atom. The van der Waals surface area contributed by atoms with Crippen molar-refractivity contribution in [3.63, 3.8) is 0 Å². The molecule has 10 nitrogen and oxygen atoms in total. The smallest absolute Gasteiger partial charge is 0.293 e. The predicted molar refractivity (Wildman–Crippen MR) is 148 cm³/mol. The van der Waals surface area contributed by atoms with Gasteiger partial charge in [0.1, 0.15) is 5.60 Å². The Kier molecular flexibility index (Phi) is 7.53. The summed E-state index contributed by atoms with van der Waals surface area (Å²) in [6, 6.07) is 5.08. The number of carbonyl (C=O) groups is 1. The molecule has 0 atom stereocenters. The van der Waals surface area contributed by atoms with Crippen LogP contribution in [0.3, 0.4) is 0 Å². The summed E-state index contributed by atoms with van der Waals surface area (Å²) in [5.41, 5.74) is 1.03. The van der Waals surface area contributed by atoms with Crippen LogP contribution in [-0.2, 0) is 32.4 Å². The van der Waals surface area contributed by atoms with Crippen molar-refractivity contribution in [2.24, 2.45) is 5.92 Å². The van der Waals surface area contributed by atoms with Gasteiger partial charge < -0.3 is 9.15 Å². The zero-order valence-corrected chi connectivity index (χ0v) is 23.9. The van der Waals surface area contributed by atoms with Gasteiger partial charge >= 0.3 is 0 Å². The Hall–Kier alpha value is -3.22. The summed E-state index contributed by atoms with van der Waals surface area (Å²) in [6.45, 7) is 7.52. The fourth-order valence-corrected chi connectivity index (χ4v) is 7.18. The molecule has 0 amide bonds. The number of ether oxygens (including phenoxy) is 1. The molecule has 206 valence electrons. The van der Waals surface area contributed by atoms with E-state index in [4.69, 9.17) is 14.1 Å². The van der Waals surface area contributed by atoms with E-state index in [1.165, 1.54) is 17.8 Å². The Bertz CT molecular complexity index is 1610. The van der Waals surface area contributed by atoms with Crippen LogP contribution < -0.4 is 4.72 Å². The lowest BCUT2D eigenvalue weighted by atomic mass is 9.81. The summed E-state index contributed by atoms with van der Waals surface area (Å²) in [7, 11) is -3.73. The maximum absolute atomic E-state index is 13.1. The number of thiazole rings is 1. The van der Waals surface area contributed by atoms with Crippen molar-refractivity contribution in [2.75, 3.05) is 0 Å². The molecule has 39 heavy (non-hydrogen) atoms. The molecule has 12 heteroatoms. The third-order valence-corrected chi connectivity index (χ3v) is 9.54. The number of aromatic nitrogens is 4. The summed E-state index contributed by atoms with van der Waals surface area (Å²) in [5.74, 6) is 1.20. The average Bonchev–Trinajstić information content (AvgIpc) is 3.46. The van der Waals surface area contributed by atoms with Crippen LogP contribution in [0.5, 0.6) is 0 Å². The number of carbonyl (C=O) groups excluding carboxylic acids is 1. The van der Waals surface area contributed by atoms with Crippen LogP contribution >= 0.6 is 11.3 Å². The van der Waals surface area contributed by atoms with Gasteiger partial charge in [-0.2, -0.15) is 0 Å². The van der Waals surface area contributed by atoms with E-state index in [0.717, 1.165) is 40.8 Å². The van der Waals surface area contributed by atoms with E-state index in [1.807, 2.05) is 12.1 Å². The zero-order valence-electron chi connectivity index (χ0n) is 22.3. The number of sulfonamides is 1. The van der Waals surface area contributed by atoms with Gasteiger partial charge in [0.15, 0.2) is 5.01 Å². The first-order chi connectivity index (χ1) is 18.6. The predicted octanol–water partition coefficient (Wildman–Crippen LogP) is 4.93. The number of nitrogens with zero attached hydrogens (tertiary/aromatic N) is 4. The largest absolute Gasteiger partial charge is 0.461 e. The minimum absolute atomic E-state index is 0.190. The van der Waals surface area contributed by atoms with Gasteiger partial charge in [0, 0.05) is 29.4 Å². The van der Waals surface area contributed by atoms with Crippen LogP contribution in [0.15, 0.2) is 39.9 Å². The van der Waals surface area contributed by atoms with Crippen molar-refractivity contribution < 1.29 is 22.4 Å². The van der Waals surface area contributed by atoms with Crippen molar-refractivity contribution >= 4 is 38.6 Å². The molecule has 3 aromatic heterocycles. The second-order valence-electron chi connectivity index (χ2n) is 10.8. The third kappa shape index (κ3) is 5.87. The summed E-state index contributed by atoms with van der Waals surface area (Å²) in [6.07, 6.45) is 7.87. The van der Waals surface area contributed by atoms with E-state index in [9.17, 15) is 13.2 Å². The standard InChI is InChI=1S/C27H31N5O5S2/c1-16(2)32-39(34,35)22-9-8-19(18-10-11-28-14-20(18)22)24-21(12-17-6-5-7-17)29-26(38-24)25-31-30-23(37-25)13-27(3,4)36-15-33/h8-11,14-17,32H,5-7,12-13H2,1-4H3. The molecule has 0 unspecified atom stereocenters. The second-order valence-corrected chi connectivity index (χ2v) is 13.4. The van der Waals surface area contributed by atoms with Crippen molar-refractivity contribution in [1.82, 2.24) is 24.9 Å². The third-order valence-electron chi connectivity index (χ3n) is 6.70. The molecule has 4 aromatic rings. The van der Waals surface area contributed by atoms with Gasteiger partial charge in [-0.05, 0) is 57.6 Å². The molecule has 5 rings (SSSR count). The molecule has 1 aromatic carbocycles. The van der Waals surface area contributed by atoms with E-state index in [2.05, 4.69) is 19.9 Å². The second kappa shape index (κ2) is 10.7. The first-order valence-electron chi connectivity index (χ1n) is 12.9. The van der Waals surface area contributed by atoms with Crippen molar-refractivity contribution in [1.29, 1.82) is 0 Å². The molecular weight excluding hydrogens is 538 g/mol. The number of pyridine rings is 1. The Morgan fingerprint density at radius 2 is 2.00 bits per heavy atom. The molecule has 1 aliphatic rings. The number of benzene rings is 1. The summed E-state index contributed by atoms with van der Waals surface area (Å²) in [4.78, 5) is 21.1. The first-order valence-corrected chi connectivity index (χ1v) is 15.2. The van der Waals surface area contributed by atoms with Crippen LogP contribution in [0, 0.1) is 5.92 Å². The minimum Gasteiger partial charge on any atom is -0.461 e. The van der Waals surface area contributed by atoms with Gasteiger partial charge in [0.2, 0.25) is 15.9 Å². The van der Waals surface area contributed by atoms with Crippen molar-refractivity contribution in [3.05, 3.63) is 42.2 Å². The summed E-state index contributed by atoms with van der Waals surface area (Å²) < 4.78 is 39.9. The highest BCUT2D eigenvalue weighted by Gasteiger charge is 2.28. The fraction of sp³-hybridized carbons (Fsp3) is 0.444. The molecule has 0 saturated heterocycles. The molecule has 1 aliphatic carbocycles. The number of hydrogen-bond donors (Lipinski definition) is 1. The summed E-state index contributed by atoms with van der Waals surface area (Å²) >= 11 is 1.44. The topological polar surface area (TPSA) is 137 Å². The lowest BCUT2D eigenvalue weighted by molar-refractivity contribution is -0.140. The lowest BCUT2D eigenvalue weighted by Crippen LogP contribution is -2.30. The quantitative estimate of drug-likeness (QED) is 0.249. The van der Waals surface area contributed by atoms with Crippen LogP contribution in [-0.4, -0.2) is 46.7 Å². The van der Waals surface area contributed by atoms with E-state index < -0.39 is 15.6 Å². The average molecular weight is 570 g/mol. The molecule has 1 N–H and O–H groups in total. The number of hydrogen-bond acceptors (Lipinski definition) is 10. The van der Waals surface area contributed by atoms with Gasteiger partial charge in [-0.1, -0.05) is 25.3 Å². The fourth-order valence-electron chi connectivity index (χ4n) is 4.68. The molecule has 0 radical (unpaired) electrons. The number of fused-ring (bicyclic) bond motifs is 1. The van der Waals surface area contributed by atoms with Gasteiger partial charge in [-0.3, -0.25) is 9.78 Å². The van der Waals surface area contributed by atoms with Crippen molar-refractivity contribution in [3.8, 4) is 21.3 Å². The number of nitrogens with one attached hydrogen (secondary N) is 1. The highest BCUT2D eigenvalue weighted by Crippen LogP contribution is 2.42. The van der Waals surface area contributed by atoms with Crippen LogP contribution in [0.4, 0.5) is 0 Å². The molecule has 0 spiro atoms. The van der Waals surface area contributed by atoms with Gasteiger partial charge in [0.25, 0.3) is 12.4 Å². The lowest BCUT2D eigenvalue weighted by Gasteiger charge is -2.24. The highest BCUT2D eigenvalue weighted by atomic mass is 32.2. The normalized spacial score (nSPS) is 14.6. The molecule has 0 aliphatic heterocycles. The van der Waals surface area contributed by atoms with Gasteiger partial charge in [0.05, 0.1) is 21.9 Å². The first kappa shape index (κ1) is 27.4.